The fourth-order valence-corrected chi connectivity index (χ4v) is 3.39. The smallest absolute Gasteiger partial charge is 0.226 e. The molecule has 4 aromatic rings. The summed E-state index contributed by atoms with van der Waals surface area (Å²) in [6, 6.07) is 9.75. The number of aryl methyl sites for hydroxylation is 2. The van der Waals surface area contributed by atoms with E-state index in [-0.39, 0.29) is 5.91 Å². The van der Waals surface area contributed by atoms with Crippen LogP contribution in [0.2, 0.25) is 0 Å². The maximum absolute atomic E-state index is 12.1. The molecule has 8 heteroatoms. The summed E-state index contributed by atoms with van der Waals surface area (Å²) in [4.78, 5) is 20.8. The fourth-order valence-electron chi connectivity index (χ4n) is 2.67. The maximum Gasteiger partial charge on any atom is 0.226 e. The molecule has 1 aromatic carbocycles. The predicted molar refractivity (Wildman–Crippen MR) is 103 cm³/mol. The van der Waals surface area contributed by atoms with Crippen LogP contribution in [-0.4, -0.2) is 21.0 Å². The second kappa shape index (κ2) is 7.71. The van der Waals surface area contributed by atoms with Crippen LogP contribution in [0.3, 0.4) is 0 Å². The van der Waals surface area contributed by atoms with Gasteiger partial charge in [-0.25, -0.2) is 4.98 Å². The number of amides is 1. The summed E-state index contributed by atoms with van der Waals surface area (Å²) in [6.07, 6.45) is 2.33. The van der Waals surface area contributed by atoms with Gasteiger partial charge in [0, 0.05) is 30.0 Å². The Morgan fingerprint density at radius 3 is 2.96 bits per heavy atom. The number of carbonyl (C=O) groups excluding carboxylic acids is 1. The number of para-hydroxylation sites is 1. The number of anilines is 1. The largest absolute Gasteiger partial charge is 0.454 e. The molecule has 7 nitrogen and oxygen atoms in total. The molecule has 0 atom stereocenters. The normalized spacial score (nSPS) is 11.1. The molecular weight excluding hydrogens is 364 g/mol. The molecule has 0 fully saturated rings. The Morgan fingerprint density at radius 1 is 1.26 bits per heavy atom. The van der Waals surface area contributed by atoms with Crippen LogP contribution < -0.4 is 5.32 Å². The first-order chi connectivity index (χ1) is 13.2. The van der Waals surface area contributed by atoms with Gasteiger partial charge < -0.3 is 14.3 Å². The van der Waals surface area contributed by atoms with Gasteiger partial charge in [0.1, 0.15) is 11.3 Å². The summed E-state index contributed by atoms with van der Waals surface area (Å²) >= 11 is 1.37. The Hall–Kier alpha value is -3.00. The first kappa shape index (κ1) is 17.4. The van der Waals surface area contributed by atoms with E-state index < -0.39 is 0 Å². The van der Waals surface area contributed by atoms with Crippen LogP contribution >= 0.6 is 11.3 Å². The molecular formula is C19H18N4O3S. The van der Waals surface area contributed by atoms with Crippen molar-refractivity contribution in [1.29, 1.82) is 0 Å². The van der Waals surface area contributed by atoms with Crippen LogP contribution in [0.15, 0.2) is 44.7 Å². The second-order valence-corrected chi connectivity index (χ2v) is 6.90. The third kappa shape index (κ3) is 4.06. The molecule has 27 heavy (non-hydrogen) atoms. The van der Waals surface area contributed by atoms with Crippen molar-refractivity contribution < 1.29 is 13.7 Å². The van der Waals surface area contributed by atoms with Gasteiger partial charge in [-0.15, -0.1) is 11.3 Å². The SMILES string of the molecule is CCc1noc(CCCC(=O)Nc2nc(-c3cc4ccccc4o3)cs2)n1. The minimum Gasteiger partial charge on any atom is -0.454 e. The highest BCUT2D eigenvalue weighted by atomic mass is 32.1. The average molecular weight is 382 g/mol. The first-order valence-electron chi connectivity index (χ1n) is 8.77. The lowest BCUT2D eigenvalue weighted by Crippen LogP contribution is -2.11. The minimum atomic E-state index is -0.0873. The second-order valence-electron chi connectivity index (χ2n) is 6.05. The monoisotopic (exact) mass is 382 g/mol. The number of rotatable bonds is 7. The molecule has 0 aliphatic rings. The van der Waals surface area contributed by atoms with E-state index in [0.717, 1.165) is 17.4 Å². The van der Waals surface area contributed by atoms with Gasteiger partial charge in [-0.3, -0.25) is 4.79 Å². The van der Waals surface area contributed by atoms with Gasteiger partial charge >= 0.3 is 0 Å². The van der Waals surface area contributed by atoms with Crippen molar-refractivity contribution in [3.05, 3.63) is 47.4 Å². The van der Waals surface area contributed by atoms with Crippen LogP contribution in [-0.2, 0) is 17.6 Å². The lowest BCUT2D eigenvalue weighted by atomic mass is 10.2. The van der Waals surface area contributed by atoms with Crippen molar-refractivity contribution in [3.63, 3.8) is 0 Å². The van der Waals surface area contributed by atoms with Crippen molar-refractivity contribution in [1.82, 2.24) is 15.1 Å². The molecule has 0 aliphatic carbocycles. The topological polar surface area (TPSA) is 94.1 Å². The van der Waals surface area contributed by atoms with E-state index in [1.165, 1.54) is 11.3 Å². The average Bonchev–Trinajstić information content (AvgIpc) is 3.40. The summed E-state index contributed by atoms with van der Waals surface area (Å²) in [5.41, 5.74) is 1.53. The quantitative estimate of drug-likeness (QED) is 0.507. The number of hydrogen-bond donors (Lipinski definition) is 1. The number of thiazole rings is 1. The van der Waals surface area contributed by atoms with Gasteiger partial charge in [0.2, 0.25) is 11.8 Å². The van der Waals surface area contributed by atoms with Gasteiger partial charge in [0.25, 0.3) is 0 Å². The number of fused-ring (bicyclic) bond motifs is 1. The molecule has 0 saturated carbocycles. The van der Waals surface area contributed by atoms with Gasteiger partial charge in [-0.2, -0.15) is 4.98 Å². The van der Waals surface area contributed by atoms with E-state index in [0.29, 0.717) is 47.6 Å². The number of carbonyl (C=O) groups is 1. The van der Waals surface area contributed by atoms with E-state index in [1.54, 1.807) is 0 Å². The first-order valence-corrected chi connectivity index (χ1v) is 9.65. The number of benzene rings is 1. The van der Waals surface area contributed by atoms with E-state index >= 15 is 0 Å². The molecule has 0 saturated heterocycles. The highest BCUT2D eigenvalue weighted by Gasteiger charge is 2.12. The van der Waals surface area contributed by atoms with E-state index in [1.807, 2.05) is 42.6 Å². The van der Waals surface area contributed by atoms with Crippen LogP contribution in [0, 0.1) is 0 Å². The van der Waals surface area contributed by atoms with E-state index in [4.69, 9.17) is 8.94 Å². The molecule has 0 spiro atoms. The molecule has 0 bridgehead atoms. The third-order valence-corrected chi connectivity index (χ3v) is 4.81. The number of aromatic nitrogens is 3. The van der Waals surface area contributed by atoms with Gasteiger partial charge in [0.15, 0.2) is 16.7 Å². The minimum absolute atomic E-state index is 0.0873. The number of nitrogens with zero attached hydrogens (tertiary/aromatic N) is 3. The summed E-state index contributed by atoms with van der Waals surface area (Å²) < 4.78 is 10.9. The van der Waals surface area contributed by atoms with Crippen molar-refractivity contribution in [3.8, 4) is 11.5 Å². The van der Waals surface area contributed by atoms with Crippen LogP contribution in [0.5, 0.6) is 0 Å². The summed E-state index contributed by atoms with van der Waals surface area (Å²) in [7, 11) is 0. The van der Waals surface area contributed by atoms with E-state index in [2.05, 4.69) is 20.4 Å². The Balaban J connectivity index is 1.32. The molecule has 0 radical (unpaired) electrons. The third-order valence-electron chi connectivity index (χ3n) is 4.05. The lowest BCUT2D eigenvalue weighted by Gasteiger charge is -2.00. The van der Waals surface area contributed by atoms with Crippen LogP contribution in [0.4, 0.5) is 5.13 Å². The van der Waals surface area contributed by atoms with Gasteiger partial charge in [0.05, 0.1) is 0 Å². The van der Waals surface area contributed by atoms with Gasteiger partial charge in [-0.05, 0) is 18.6 Å². The molecule has 1 amide bonds. The Labute approximate surface area is 159 Å². The van der Waals surface area contributed by atoms with Crippen molar-refractivity contribution >= 4 is 33.3 Å². The Morgan fingerprint density at radius 2 is 2.15 bits per heavy atom. The molecule has 3 heterocycles. The standard InChI is InChI=1S/C19H18N4O3S/c1-2-16-21-18(26-23-16)9-5-8-17(24)22-19-20-13(11-27-19)15-10-12-6-3-4-7-14(12)25-15/h3-4,6-7,10-11H,2,5,8-9H2,1H3,(H,20,22,24). The molecule has 0 unspecified atom stereocenters. The highest BCUT2D eigenvalue weighted by molar-refractivity contribution is 7.14. The number of hydrogen-bond acceptors (Lipinski definition) is 7. The van der Waals surface area contributed by atoms with Crippen molar-refractivity contribution in [2.75, 3.05) is 5.32 Å². The fraction of sp³-hybridized carbons (Fsp3) is 0.263. The molecule has 0 aliphatic heterocycles. The summed E-state index contributed by atoms with van der Waals surface area (Å²) in [6.45, 7) is 1.97. The summed E-state index contributed by atoms with van der Waals surface area (Å²) in [5.74, 6) is 1.86. The summed E-state index contributed by atoms with van der Waals surface area (Å²) in [5, 5.41) is 10.1. The zero-order valence-corrected chi connectivity index (χ0v) is 15.6. The van der Waals surface area contributed by atoms with Crippen molar-refractivity contribution in [2.24, 2.45) is 0 Å². The van der Waals surface area contributed by atoms with E-state index in [9.17, 15) is 4.79 Å². The van der Waals surface area contributed by atoms with Crippen LogP contribution in [0.1, 0.15) is 31.5 Å². The highest BCUT2D eigenvalue weighted by Crippen LogP contribution is 2.30. The molecule has 3 aromatic heterocycles. The Kier molecular flexibility index (Phi) is 4.97. The number of nitrogens with one attached hydrogen (secondary N) is 1. The van der Waals surface area contributed by atoms with Crippen LogP contribution in [0.25, 0.3) is 22.4 Å². The number of furan rings is 1. The molecule has 4 rings (SSSR count). The van der Waals surface area contributed by atoms with Crippen molar-refractivity contribution in [2.45, 2.75) is 32.6 Å². The molecule has 1 N–H and O–H groups in total. The zero-order valence-electron chi connectivity index (χ0n) is 14.8. The predicted octanol–water partition coefficient (Wildman–Crippen LogP) is 4.46. The zero-order chi connectivity index (χ0) is 18.6. The lowest BCUT2D eigenvalue weighted by molar-refractivity contribution is -0.116. The van der Waals surface area contributed by atoms with Gasteiger partial charge in [-0.1, -0.05) is 30.3 Å². The Bertz CT molecular complexity index is 1030. The maximum atomic E-state index is 12.1. The molecule has 138 valence electrons.